The summed E-state index contributed by atoms with van der Waals surface area (Å²) in [5.41, 5.74) is 4.96. The van der Waals surface area contributed by atoms with Crippen molar-refractivity contribution in [3.05, 3.63) is 52.7 Å². The third-order valence-corrected chi connectivity index (χ3v) is 4.49. The molecule has 0 aliphatic rings. The van der Waals surface area contributed by atoms with E-state index in [1.54, 1.807) is 0 Å². The van der Waals surface area contributed by atoms with E-state index in [2.05, 4.69) is 32.3 Å². The van der Waals surface area contributed by atoms with Crippen LogP contribution in [0.15, 0.2) is 42.1 Å². The molecule has 0 bridgehead atoms. The highest BCUT2D eigenvalue weighted by atomic mass is 35.5. The Labute approximate surface area is 170 Å². The van der Waals surface area contributed by atoms with Gasteiger partial charge in [-0.1, -0.05) is 88.8 Å². The molecule has 1 aromatic carbocycles. The summed E-state index contributed by atoms with van der Waals surface area (Å²) in [6.45, 7) is 6.86. The van der Waals surface area contributed by atoms with Crippen molar-refractivity contribution in [2.45, 2.75) is 71.8 Å². The molecule has 27 heavy (non-hydrogen) atoms. The van der Waals surface area contributed by atoms with Crippen LogP contribution in [0.25, 0.3) is 6.08 Å². The molecule has 3 nitrogen and oxygen atoms in total. The van der Waals surface area contributed by atoms with Crippen molar-refractivity contribution >= 4 is 17.7 Å². The minimum Gasteiger partial charge on any atom is -0.391 e. The molecule has 0 saturated heterocycles. The van der Waals surface area contributed by atoms with Gasteiger partial charge < -0.3 is 5.11 Å². The number of hydroxylamine groups is 1. The molecule has 0 spiro atoms. The number of hydrogen-bond acceptors (Lipinski definition) is 3. The molecule has 2 N–H and O–H groups in total. The first-order chi connectivity index (χ1) is 13.0. The molecule has 0 fully saturated rings. The Hall–Kier alpha value is -1.29. The summed E-state index contributed by atoms with van der Waals surface area (Å²) >= 11 is 5.93. The lowest BCUT2D eigenvalue weighted by Crippen LogP contribution is -2.22. The van der Waals surface area contributed by atoms with Crippen LogP contribution in [0.1, 0.15) is 71.3 Å². The summed E-state index contributed by atoms with van der Waals surface area (Å²) in [6, 6.07) is 7.70. The van der Waals surface area contributed by atoms with E-state index >= 15 is 0 Å². The molecular formula is C23H36ClNO2. The Bertz CT molecular complexity index is 552. The van der Waals surface area contributed by atoms with Crippen LogP contribution in [0.2, 0.25) is 5.02 Å². The highest BCUT2D eigenvalue weighted by Gasteiger charge is 2.05. The molecule has 0 aliphatic heterocycles. The zero-order chi connectivity index (χ0) is 19.9. The van der Waals surface area contributed by atoms with Gasteiger partial charge in [-0.3, -0.25) is 10.3 Å². The number of benzene rings is 1. The smallest absolute Gasteiger partial charge is 0.100 e. The number of aliphatic hydroxyl groups is 1. The number of aliphatic hydroxyl groups excluding tert-OH is 1. The van der Waals surface area contributed by atoms with Gasteiger partial charge in [0.05, 0.1) is 11.8 Å². The molecule has 0 unspecified atom stereocenters. The molecule has 0 aromatic heterocycles. The van der Waals surface area contributed by atoms with E-state index < -0.39 is 6.10 Å². The Morgan fingerprint density at radius 3 is 2.52 bits per heavy atom. The summed E-state index contributed by atoms with van der Waals surface area (Å²) in [4.78, 5) is 5.53. The lowest BCUT2D eigenvalue weighted by molar-refractivity contribution is -0.00809. The average Bonchev–Trinajstić information content (AvgIpc) is 2.64. The van der Waals surface area contributed by atoms with Gasteiger partial charge in [-0.25, -0.2) is 0 Å². The summed E-state index contributed by atoms with van der Waals surface area (Å²) in [7, 11) is 0. The Morgan fingerprint density at radius 2 is 1.85 bits per heavy atom. The summed E-state index contributed by atoms with van der Waals surface area (Å²) in [5, 5.41) is 10.8. The van der Waals surface area contributed by atoms with Crippen LogP contribution in [0.3, 0.4) is 0 Å². The minimum absolute atomic E-state index is 0.293. The zero-order valence-corrected chi connectivity index (χ0v) is 17.8. The van der Waals surface area contributed by atoms with Crippen LogP contribution < -0.4 is 5.48 Å². The van der Waals surface area contributed by atoms with Gasteiger partial charge in [0, 0.05) is 5.02 Å². The highest BCUT2D eigenvalue weighted by Crippen LogP contribution is 2.12. The van der Waals surface area contributed by atoms with E-state index in [-0.39, 0.29) is 0 Å². The largest absolute Gasteiger partial charge is 0.391 e. The zero-order valence-electron chi connectivity index (χ0n) is 17.1. The van der Waals surface area contributed by atoms with Crippen LogP contribution in [-0.4, -0.2) is 17.8 Å². The SMILES string of the molecule is CCCCCCC[C@@H](O)CONC(C=Cc1ccc(Cl)cc1)=CCC(C)C. The standard InChI is InChI=1S/C23H36ClNO2/c1-4-5-6-7-8-9-23(26)18-27-25-22(16-10-19(2)3)17-13-20-11-14-21(24)15-12-20/h11-17,19,23,25-26H,4-10,18H2,1-3H3/t23-/m1/s1. The predicted octanol–water partition coefficient (Wildman–Crippen LogP) is 6.53. The van der Waals surface area contributed by atoms with E-state index in [0.717, 1.165) is 35.5 Å². The van der Waals surface area contributed by atoms with Crippen molar-refractivity contribution in [1.29, 1.82) is 0 Å². The molecular weight excluding hydrogens is 358 g/mol. The quantitative estimate of drug-likeness (QED) is 0.214. The second-order valence-electron chi connectivity index (χ2n) is 7.44. The number of hydrogen-bond donors (Lipinski definition) is 2. The maximum atomic E-state index is 10.1. The van der Waals surface area contributed by atoms with Crippen LogP contribution in [0.4, 0.5) is 0 Å². The van der Waals surface area contributed by atoms with Crippen LogP contribution >= 0.6 is 11.6 Å². The highest BCUT2D eigenvalue weighted by molar-refractivity contribution is 6.30. The second-order valence-corrected chi connectivity index (χ2v) is 7.88. The number of rotatable bonds is 14. The molecule has 1 rings (SSSR count). The lowest BCUT2D eigenvalue weighted by Gasteiger charge is -2.13. The Kier molecular flexibility index (Phi) is 13.0. The number of halogens is 1. The van der Waals surface area contributed by atoms with Gasteiger partial charge in [0.25, 0.3) is 0 Å². The second kappa shape index (κ2) is 14.7. The van der Waals surface area contributed by atoms with Crippen molar-refractivity contribution in [3.8, 4) is 0 Å². The molecule has 152 valence electrons. The number of nitrogens with one attached hydrogen (secondary N) is 1. The molecule has 1 aromatic rings. The van der Waals surface area contributed by atoms with Crippen molar-refractivity contribution in [2.24, 2.45) is 5.92 Å². The number of unbranched alkanes of at least 4 members (excludes halogenated alkanes) is 4. The van der Waals surface area contributed by atoms with E-state index in [0.29, 0.717) is 12.5 Å². The van der Waals surface area contributed by atoms with E-state index in [9.17, 15) is 5.11 Å². The van der Waals surface area contributed by atoms with Gasteiger partial charge in [0.15, 0.2) is 0 Å². The Morgan fingerprint density at radius 1 is 1.15 bits per heavy atom. The van der Waals surface area contributed by atoms with E-state index in [1.807, 2.05) is 36.4 Å². The van der Waals surface area contributed by atoms with Crippen molar-refractivity contribution in [2.75, 3.05) is 6.61 Å². The van der Waals surface area contributed by atoms with Gasteiger partial charge in [-0.2, -0.15) is 0 Å². The molecule has 1 atom stereocenters. The van der Waals surface area contributed by atoms with Crippen LogP contribution in [0.5, 0.6) is 0 Å². The lowest BCUT2D eigenvalue weighted by atomic mass is 10.1. The summed E-state index contributed by atoms with van der Waals surface area (Å²) < 4.78 is 0. The first-order valence-electron chi connectivity index (χ1n) is 10.2. The predicted molar refractivity (Wildman–Crippen MR) is 116 cm³/mol. The molecule has 0 saturated carbocycles. The van der Waals surface area contributed by atoms with Crippen molar-refractivity contribution < 1.29 is 9.94 Å². The fourth-order valence-corrected chi connectivity index (χ4v) is 2.68. The molecule has 4 heteroatoms. The van der Waals surface area contributed by atoms with Crippen molar-refractivity contribution in [1.82, 2.24) is 5.48 Å². The molecule has 0 radical (unpaired) electrons. The molecule has 0 aliphatic carbocycles. The van der Waals surface area contributed by atoms with Crippen LogP contribution in [0, 0.1) is 5.92 Å². The van der Waals surface area contributed by atoms with Gasteiger partial charge in [0.2, 0.25) is 0 Å². The monoisotopic (exact) mass is 393 g/mol. The van der Waals surface area contributed by atoms with Crippen LogP contribution in [-0.2, 0) is 4.84 Å². The van der Waals surface area contributed by atoms with E-state index in [1.165, 1.54) is 25.7 Å². The maximum absolute atomic E-state index is 10.1. The summed E-state index contributed by atoms with van der Waals surface area (Å²) in [6.07, 6.45) is 13.4. The van der Waals surface area contributed by atoms with Gasteiger partial charge >= 0.3 is 0 Å². The van der Waals surface area contributed by atoms with Gasteiger partial charge in [-0.15, -0.1) is 0 Å². The van der Waals surface area contributed by atoms with Gasteiger partial charge in [-0.05, 0) is 42.5 Å². The van der Waals surface area contributed by atoms with E-state index in [4.69, 9.17) is 16.4 Å². The average molecular weight is 394 g/mol. The van der Waals surface area contributed by atoms with Gasteiger partial charge in [0.1, 0.15) is 6.61 Å². The number of allylic oxidation sites excluding steroid dienone is 2. The summed E-state index contributed by atoms with van der Waals surface area (Å²) in [5.74, 6) is 0.569. The molecule has 0 heterocycles. The third-order valence-electron chi connectivity index (χ3n) is 4.24. The Balaban J connectivity index is 2.43. The first-order valence-corrected chi connectivity index (χ1v) is 10.6. The third kappa shape index (κ3) is 12.7. The first kappa shape index (κ1) is 23.7. The topological polar surface area (TPSA) is 41.5 Å². The normalized spacial score (nSPS) is 13.5. The van der Waals surface area contributed by atoms with Crippen molar-refractivity contribution in [3.63, 3.8) is 0 Å². The molecule has 0 amide bonds. The maximum Gasteiger partial charge on any atom is 0.100 e. The fourth-order valence-electron chi connectivity index (χ4n) is 2.55. The fraction of sp³-hybridized carbons (Fsp3) is 0.565. The minimum atomic E-state index is -0.425.